The molecule has 2 N–H and O–H groups in total. The van der Waals surface area contributed by atoms with Gasteiger partial charge in [0.15, 0.2) is 11.4 Å². The van der Waals surface area contributed by atoms with Crippen molar-refractivity contribution in [2.24, 2.45) is 0 Å². The molecule has 0 fully saturated rings. The topological polar surface area (TPSA) is 92.0 Å². The zero-order valence-corrected chi connectivity index (χ0v) is 14.3. The maximum Gasteiger partial charge on any atom is 0.210 e. The van der Waals surface area contributed by atoms with Gasteiger partial charge in [0.1, 0.15) is 23.7 Å². The number of fused-ring (bicyclic) bond motifs is 1. The number of aromatic nitrogens is 4. The second-order valence-electron chi connectivity index (χ2n) is 5.38. The molecule has 9 heteroatoms. The van der Waals surface area contributed by atoms with Crippen LogP contribution in [0.2, 0.25) is 0 Å². The van der Waals surface area contributed by atoms with Crippen LogP contribution in [0, 0.1) is 5.82 Å². The van der Waals surface area contributed by atoms with E-state index < -0.39 is 0 Å². The van der Waals surface area contributed by atoms with Crippen LogP contribution in [0.5, 0.6) is 5.75 Å². The number of para-hydroxylation sites is 2. The van der Waals surface area contributed by atoms with Gasteiger partial charge < -0.3 is 15.0 Å². The first-order valence-electron chi connectivity index (χ1n) is 7.74. The molecule has 0 saturated heterocycles. The van der Waals surface area contributed by atoms with E-state index >= 15 is 0 Å². The molecule has 0 aliphatic rings. The third-order valence-electron chi connectivity index (χ3n) is 3.58. The second kappa shape index (κ2) is 7.04. The van der Waals surface area contributed by atoms with Gasteiger partial charge in [-0.2, -0.15) is 0 Å². The molecule has 0 spiro atoms. The molecule has 0 unspecified atom stereocenters. The largest absolute Gasteiger partial charge is 0.486 e. The van der Waals surface area contributed by atoms with Crippen LogP contribution in [0.25, 0.3) is 11.1 Å². The van der Waals surface area contributed by atoms with Crippen LogP contribution in [0.3, 0.4) is 0 Å². The van der Waals surface area contributed by atoms with Gasteiger partial charge in [-0.05, 0) is 36.4 Å². The highest BCUT2D eigenvalue weighted by Gasteiger charge is 2.13. The number of halogens is 1. The highest BCUT2D eigenvalue weighted by Crippen LogP contribution is 2.23. The third-order valence-corrected chi connectivity index (χ3v) is 4.51. The number of nitrogen functional groups attached to an aromatic ring is 1. The van der Waals surface area contributed by atoms with E-state index in [4.69, 9.17) is 15.0 Å². The molecule has 26 heavy (non-hydrogen) atoms. The van der Waals surface area contributed by atoms with Crippen molar-refractivity contribution in [3.05, 3.63) is 66.1 Å². The van der Waals surface area contributed by atoms with Gasteiger partial charge in [-0.3, -0.25) is 0 Å². The number of benzene rings is 2. The fourth-order valence-corrected chi connectivity index (χ4v) is 3.01. The molecular weight excluding hydrogens is 357 g/mol. The fraction of sp³-hybridized carbons (Fsp3) is 0.118. The van der Waals surface area contributed by atoms with Crippen LogP contribution < -0.4 is 10.6 Å². The Morgan fingerprint density at radius 1 is 1.12 bits per heavy atom. The Labute approximate surface area is 152 Å². The third kappa shape index (κ3) is 3.47. The van der Waals surface area contributed by atoms with E-state index in [1.807, 2.05) is 24.3 Å². The Balaban J connectivity index is 1.39. The lowest BCUT2D eigenvalue weighted by atomic mass is 10.3. The summed E-state index contributed by atoms with van der Waals surface area (Å²) in [4.78, 5) is 4.41. The van der Waals surface area contributed by atoms with Crippen molar-refractivity contribution in [1.29, 1.82) is 0 Å². The number of thioether (sulfide) groups is 1. The average molecular weight is 371 g/mol. The maximum absolute atomic E-state index is 12.9. The summed E-state index contributed by atoms with van der Waals surface area (Å²) in [5.41, 5.74) is 1.55. The summed E-state index contributed by atoms with van der Waals surface area (Å²) in [7, 11) is 0. The minimum Gasteiger partial charge on any atom is -0.486 e. The lowest BCUT2D eigenvalue weighted by Crippen LogP contribution is -2.15. The van der Waals surface area contributed by atoms with E-state index in [0.29, 0.717) is 28.4 Å². The molecule has 2 aromatic heterocycles. The monoisotopic (exact) mass is 371 g/mol. The predicted molar refractivity (Wildman–Crippen MR) is 94.5 cm³/mol. The van der Waals surface area contributed by atoms with Crippen molar-refractivity contribution < 1.29 is 13.5 Å². The summed E-state index contributed by atoms with van der Waals surface area (Å²) >= 11 is 1.36. The highest BCUT2D eigenvalue weighted by molar-refractivity contribution is 7.98. The summed E-state index contributed by atoms with van der Waals surface area (Å²) in [5.74, 6) is 7.73. The van der Waals surface area contributed by atoms with E-state index in [1.165, 1.54) is 40.7 Å². The molecule has 0 bridgehead atoms. The number of nitrogens with zero attached hydrogens (tertiary/aromatic N) is 4. The number of hydrogen-bond acceptors (Lipinski definition) is 7. The Kier molecular flexibility index (Phi) is 4.44. The van der Waals surface area contributed by atoms with Crippen molar-refractivity contribution >= 4 is 22.9 Å². The van der Waals surface area contributed by atoms with Crippen LogP contribution in [0.1, 0.15) is 11.7 Å². The second-order valence-corrected chi connectivity index (χ2v) is 6.32. The zero-order valence-electron chi connectivity index (χ0n) is 13.5. The molecular formula is C17H14FN5O2S. The molecule has 7 nitrogen and oxygen atoms in total. The van der Waals surface area contributed by atoms with Crippen molar-refractivity contribution in [2.45, 2.75) is 17.5 Å². The number of nitrogens with two attached hydrogens (primary N) is 1. The lowest BCUT2D eigenvalue weighted by Gasteiger charge is -2.06. The number of hydrogen-bond donors (Lipinski definition) is 1. The maximum atomic E-state index is 12.9. The Hall–Kier alpha value is -3.07. The van der Waals surface area contributed by atoms with Crippen molar-refractivity contribution in [3.8, 4) is 5.75 Å². The molecule has 0 atom stereocenters. The Bertz CT molecular complexity index is 998. The number of rotatable bonds is 6. The normalized spacial score (nSPS) is 11.1. The predicted octanol–water partition coefficient (Wildman–Crippen LogP) is 3.14. The Morgan fingerprint density at radius 2 is 1.92 bits per heavy atom. The van der Waals surface area contributed by atoms with Gasteiger partial charge in [0.05, 0.1) is 5.75 Å². The van der Waals surface area contributed by atoms with Gasteiger partial charge in [0.2, 0.25) is 11.0 Å². The number of ether oxygens (including phenoxy) is 1. The molecule has 2 aromatic carbocycles. The quantitative estimate of drug-likeness (QED) is 0.411. The minimum atomic E-state index is -0.322. The van der Waals surface area contributed by atoms with Gasteiger partial charge in [0.25, 0.3) is 0 Å². The van der Waals surface area contributed by atoms with Gasteiger partial charge in [-0.1, -0.05) is 23.9 Å². The van der Waals surface area contributed by atoms with Crippen LogP contribution in [0.4, 0.5) is 4.39 Å². The zero-order chi connectivity index (χ0) is 17.9. The van der Waals surface area contributed by atoms with E-state index in [2.05, 4.69) is 15.2 Å². The van der Waals surface area contributed by atoms with Gasteiger partial charge in [-0.15, -0.1) is 10.2 Å². The summed E-state index contributed by atoms with van der Waals surface area (Å²) in [6.45, 7) is 0.124. The molecule has 0 radical (unpaired) electrons. The molecule has 0 aliphatic heterocycles. The number of oxazole rings is 1. The summed E-state index contributed by atoms with van der Waals surface area (Å²) in [6.07, 6.45) is 0. The van der Waals surface area contributed by atoms with Crippen molar-refractivity contribution in [2.75, 3.05) is 5.84 Å². The molecule has 4 aromatic rings. The summed E-state index contributed by atoms with van der Waals surface area (Å²) in [5, 5.41) is 8.59. The van der Waals surface area contributed by atoms with Crippen molar-refractivity contribution in [1.82, 2.24) is 19.9 Å². The SMILES string of the molecule is Nn1c(COc2ccc(F)cc2)nnc1SCc1nc2ccccc2o1. The lowest BCUT2D eigenvalue weighted by molar-refractivity contribution is 0.291. The first kappa shape index (κ1) is 16.4. The fourth-order valence-electron chi connectivity index (χ4n) is 2.29. The highest BCUT2D eigenvalue weighted by atomic mass is 32.2. The molecule has 4 rings (SSSR count). The minimum absolute atomic E-state index is 0.124. The van der Waals surface area contributed by atoms with Gasteiger partial charge >= 0.3 is 0 Å². The standard InChI is InChI=1S/C17H14FN5O2S/c18-11-5-7-12(8-6-11)24-9-15-21-22-17(23(15)19)26-10-16-20-13-3-1-2-4-14(13)25-16/h1-8H,9-10,19H2. The van der Waals surface area contributed by atoms with Crippen LogP contribution >= 0.6 is 11.8 Å². The summed E-state index contributed by atoms with van der Waals surface area (Å²) in [6, 6.07) is 13.3. The van der Waals surface area contributed by atoms with Gasteiger partial charge in [-0.25, -0.2) is 14.1 Å². The smallest absolute Gasteiger partial charge is 0.210 e. The van der Waals surface area contributed by atoms with E-state index in [1.54, 1.807) is 0 Å². The van der Waals surface area contributed by atoms with Crippen LogP contribution in [0.15, 0.2) is 58.1 Å². The molecule has 0 saturated carbocycles. The molecule has 2 heterocycles. The Morgan fingerprint density at radius 3 is 2.73 bits per heavy atom. The summed E-state index contributed by atoms with van der Waals surface area (Å²) < 4.78 is 25.5. The van der Waals surface area contributed by atoms with Crippen LogP contribution in [-0.2, 0) is 12.4 Å². The molecule has 0 aliphatic carbocycles. The molecule has 0 amide bonds. The van der Waals surface area contributed by atoms with Crippen molar-refractivity contribution in [3.63, 3.8) is 0 Å². The van der Waals surface area contributed by atoms with Crippen LogP contribution in [-0.4, -0.2) is 19.9 Å². The first-order chi connectivity index (χ1) is 12.7. The molecule has 132 valence electrons. The first-order valence-corrected chi connectivity index (χ1v) is 8.72. The average Bonchev–Trinajstić information content (AvgIpc) is 3.22. The van der Waals surface area contributed by atoms with Gasteiger partial charge in [0, 0.05) is 0 Å². The van der Waals surface area contributed by atoms with E-state index in [9.17, 15) is 4.39 Å². The van der Waals surface area contributed by atoms with E-state index in [-0.39, 0.29) is 12.4 Å². The van der Waals surface area contributed by atoms with E-state index in [0.717, 1.165) is 11.1 Å².